The van der Waals surface area contributed by atoms with Gasteiger partial charge in [0.25, 0.3) is 0 Å². The quantitative estimate of drug-likeness (QED) is 0.735. The second-order valence-corrected chi connectivity index (χ2v) is 3.05. The van der Waals surface area contributed by atoms with Gasteiger partial charge in [-0.25, -0.2) is 0 Å². The van der Waals surface area contributed by atoms with E-state index in [1.807, 2.05) is 0 Å². The lowest BCUT2D eigenvalue weighted by molar-refractivity contribution is -0.122. The highest BCUT2D eigenvalue weighted by Gasteiger charge is 2.08. The highest BCUT2D eigenvalue weighted by molar-refractivity contribution is 5.80. The third-order valence-corrected chi connectivity index (χ3v) is 1.94. The molecule has 0 radical (unpaired) electrons. The lowest BCUT2D eigenvalue weighted by Gasteiger charge is -2.11. The Labute approximate surface area is 83.6 Å². The van der Waals surface area contributed by atoms with Gasteiger partial charge in [-0.3, -0.25) is 4.79 Å². The summed E-state index contributed by atoms with van der Waals surface area (Å²) in [5.41, 5.74) is 0. The van der Waals surface area contributed by atoms with Crippen molar-refractivity contribution in [2.45, 2.75) is 20.0 Å². The van der Waals surface area contributed by atoms with Crippen molar-refractivity contribution >= 4 is 5.78 Å². The minimum absolute atomic E-state index is 0.0146. The Kier molecular flexibility index (Phi) is 3.51. The SMILES string of the molecule is COc1ccc(O[C@H](C)C(C)=O)cc1. The summed E-state index contributed by atoms with van der Waals surface area (Å²) in [7, 11) is 1.61. The van der Waals surface area contributed by atoms with E-state index in [0.717, 1.165) is 5.75 Å². The van der Waals surface area contributed by atoms with Crippen LogP contribution in [0.5, 0.6) is 11.5 Å². The van der Waals surface area contributed by atoms with Crippen LogP contribution in [0.2, 0.25) is 0 Å². The van der Waals surface area contributed by atoms with Gasteiger partial charge in [-0.15, -0.1) is 0 Å². The highest BCUT2D eigenvalue weighted by atomic mass is 16.5. The molecule has 0 fully saturated rings. The van der Waals surface area contributed by atoms with E-state index in [-0.39, 0.29) is 5.78 Å². The molecule has 0 unspecified atom stereocenters. The van der Waals surface area contributed by atoms with Crippen LogP contribution in [-0.4, -0.2) is 19.0 Å². The first-order valence-corrected chi connectivity index (χ1v) is 4.44. The normalized spacial score (nSPS) is 11.9. The molecule has 0 saturated carbocycles. The zero-order valence-corrected chi connectivity index (χ0v) is 8.61. The van der Waals surface area contributed by atoms with Gasteiger partial charge >= 0.3 is 0 Å². The maximum Gasteiger partial charge on any atom is 0.169 e. The number of Topliss-reactive ketones (excluding diaryl/α,β-unsaturated/α-hetero) is 1. The fourth-order valence-electron chi connectivity index (χ4n) is 0.941. The van der Waals surface area contributed by atoms with Gasteiger partial charge in [-0.2, -0.15) is 0 Å². The molecule has 3 nitrogen and oxygen atoms in total. The van der Waals surface area contributed by atoms with E-state index in [0.29, 0.717) is 5.75 Å². The lowest BCUT2D eigenvalue weighted by Crippen LogP contribution is -2.20. The molecule has 0 bridgehead atoms. The minimum Gasteiger partial charge on any atom is -0.497 e. The summed E-state index contributed by atoms with van der Waals surface area (Å²) in [6.45, 7) is 3.24. The smallest absolute Gasteiger partial charge is 0.169 e. The molecule has 1 aromatic carbocycles. The first-order valence-electron chi connectivity index (χ1n) is 4.44. The second kappa shape index (κ2) is 4.65. The van der Waals surface area contributed by atoms with Crippen molar-refractivity contribution in [2.24, 2.45) is 0 Å². The number of carbonyl (C=O) groups excluding carboxylic acids is 1. The van der Waals surface area contributed by atoms with Crippen LogP contribution in [0.15, 0.2) is 24.3 Å². The maximum atomic E-state index is 10.9. The van der Waals surface area contributed by atoms with Crippen molar-refractivity contribution in [1.29, 1.82) is 0 Å². The molecule has 0 aliphatic carbocycles. The van der Waals surface area contributed by atoms with Gasteiger partial charge in [0.1, 0.15) is 11.5 Å². The molecule has 0 aliphatic rings. The third kappa shape index (κ3) is 2.76. The Bertz CT molecular complexity index is 303. The van der Waals surface area contributed by atoms with Crippen molar-refractivity contribution in [2.75, 3.05) is 7.11 Å². The van der Waals surface area contributed by atoms with E-state index in [1.165, 1.54) is 6.92 Å². The minimum atomic E-state index is -0.400. The second-order valence-electron chi connectivity index (χ2n) is 3.05. The fraction of sp³-hybridized carbons (Fsp3) is 0.364. The lowest BCUT2D eigenvalue weighted by atomic mass is 10.3. The molecule has 0 aliphatic heterocycles. The average Bonchev–Trinajstić information content (AvgIpc) is 2.19. The van der Waals surface area contributed by atoms with Crippen LogP contribution in [0.3, 0.4) is 0 Å². The molecule has 76 valence electrons. The van der Waals surface area contributed by atoms with Gasteiger partial charge in [0.05, 0.1) is 7.11 Å². The molecule has 0 heterocycles. The molecule has 1 aromatic rings. The average molecular weight is 194 g/mol. The number of ketones is 1. The van der Waals surface area contributed by atoms with Gasteiger partial charge in [0, 0.05) is 0 Å². The molecule has 0 spiro atoms. The van der Waals surface area contributed by atoms with E-state index in [9.17, 15) is 4.79 Å². The molecule has 0 aromatic heterocycles. The molecule has 3 heteroatoms. The van der Waals surface area contributed by atoms with E-state index >= 15 is 0 Å². The monoisotopic (exact) mass is 194 g/mol. The van der Waals surface area contributed by atoms with Crippen LogP contribution in [0, 0.1) is 0 Å². The summed E-state index contributed by atoms with van der Waals surface area (Å²) in [4.78, 5) is 10.9. The zero-order valence-electron chi connectivity index (χ0n) is 8.61. The first kappa shape index (κ1) is 10.6. The number of rotatable bonds is 4. The predicted molar refractivity (Wildman–Crippen MR) is 53.8 cm³/mol. The standard InChI is InChI=1S/C11H14O3/c1-8(12)9(2)14-11-6-4-10(13-3)5-7-11/h4-7,9H,1-3H3/t9-/m1/s1. The van der Waals surface area contributed by atoms with Gasteiger partial charge in [0.15, 0.2) is 11.9 Å². The Morgan fingerprint density at radius 2 is 1.71 bits per heavy atom. The molecule has 1 atom stereocenters. The number of hydrogen-bond acceptors (Lipinski definition) is 3. The van der Waals surface area contributed by atoms with Crippen LogP contribution in [0.1, 0.15) is 13.8 Å². The topological polar surface area (TPSA) is 35.5 Å². The summed E-state index contributed by atoms with van der Waals surface area (Å²) in [5, 5.41) is 0. The predicted octanol–water partition coefficient (Wildman–Crippen LogP) is 2.05. The van der Waals surface area contributed by atoms with Crippen molar-refractivity contribution in [3.63, 3.8) is 0 Å². The summed E-state index contributed by atoms with van der Waals surface area (Å²) < 4.78 is 10.4. The van der Waals surface area contributed by atoms with Crippen molar-refractivity contribution in [1.82, 2.24) is 0 Å². The number of methoxy groups -OCH3 is 1. The summed E-state index contributed by atoms with van der Waals surface area (Å²) >= 11 is 0. The van der Waals surface area contributed by atoms with Crippen molar-refractivity contribution in [3.8, 4) is 11.5 Å². The Hall–Kier alpha value is -1.51. The summed E-state index contributed by atoms with van der Waals surface area (Å²) in [5.74, 6) is 1.46. The number of hydrogen-bond donors (Lipinski definition) is 0. The van der Waals surface area contributed by atoms with Crippen molar-refractivity contribution < 1.29 is 14.3 Å². The third-order valence-electron chi connectivity index (χ3n) is 1.94. The molecule has 14 heavy (non-hydrogen) atoms. The van der Waals surface area contributed by atoms with Crippen LogP contribution in [0.25, 0.3) is 0 Å². The van der Waals surface area contributed by atoms with Gasteiger partial charge in [-0.05, 0) is 38.1 Å². The van der Waals surface area contributed by atoms with E-state index in [4.69, 9.17) is 9.47 Å². The van der Waals surface area contributed by atoms with Crippen LogP contribution >= 0.6 is 0 Å². The maximum absolute atomic E-state index is 10.9. The fourth-order valence-corrected chi connectivity index (χ4v) is 0.941. The molecular weight excluding hydrogens is 180 g/mol. The summed E-state index contributed by atoms with van der Waals surface area (Å²) in [6, 6.07) is 7.14. The van der Waals surface area contributed by atoms with E-state index < -0.39 is 6.10 Å². The van der Waals surface area contributed by atoms with E-state index in [2.05, 4.69) is 0 Å². The van der Waals surface area contributed by atoms with Crippen LogP contribution in [0.4, 0.5) is 0 Å². The van der Waals surface area contributed by atoms with Crippen LogP contribution < -0.4 is 9.47 Å². The molecule has 0 N–H and O–H groups in total. The Morgan fingerprint density at radius 3 is 2.14 bits per heavy atom. The van der Waals surface area contributed by atoms with Gasteiger partial charge in [0.2, 0.25) is 0 Å². The van der Waals surface area contributed by atoms with Crippen molar-refractivity contribution in [3.05, 3.63) is 24.3 Å². The first-order chi connectivity index (χ1) is 6.63. The largest absolute Gasteiger partial charge is 0.497 e. The number of ether oxygens (including phenoxy) is 2. The van der Waals surface area contributed by atoms with Gasteiger partial charge in [-0.1, -0.05) is 0 Å². The molecular formula is C11H14O3. The van der Waals surface area contributed by atoms with Gasteiger partial charge < -0.3 is 9.47 Å². The zero-order chi connectivity index (χ0) is 10.6. The van der Waals surface area contributed by atoms with Crippen LogP contribution in [-0.2, 0) is 4.79 Å². The highest BCUT2D eigenvalue weighted by Crippen LogP contribution is 2.18. The molecule has 0 amide bonds. The Morgan fingerprint density at radius 1 is 1.21 bits per heavy atom. The Balaban J connectivity index is 2.64. The van der Waals surface area contributed by atoms with E-state index in [1.54, 1.807) is 38.3 Å². The molecule has 0 saturated heterocycles. The summed E-state index contributed by atoms with van der Waals surface area (Å²) in [6.07, 6.45) is -0.400. The number of carbonyl (C=O) groups is 1. The molecule has 1 rings (SSSR count). The number of benzene rings is 1.